The van der Waals surface area contributed by atoms with Crippen LogP contribution in [0.1, 0.15) is 64.2 Å². The van der Waals surface area contributed by atoms with Crippen molar-refractivity contribution in [2.45, 2.75) is 150 Å². The first-order chi connectivity index (χ1) is 56.6. The van der Waals surface area contributed by atoms with Crippen molar-refractivity contribution in [3.63, 3.8) is 0 Å². The first-order valence-electron chi connectivity index (χ1n) is 41.6. The Bertz CT molecular complexity index is 2530. The summed E-state index contributed by atoms with van der Waals surface area (Å²) in [4.78, 5) is 0. The van der Waals surface area contributed by atoms with E-state index in [1.54, 1.807) is 24.3 Å². The molecule has 30 heteroatoms. The monoisotopic (exact) mass is 1660 g/mol. The van der Waals surface area contributed by atoms with Crippen LogP contribution in [-0.2, 0) is 85.3 Å². The average Bonchev–Trinajstić information content (AvgIpc) is 1.67. The van der Waals surface area contributed by atoms with Gasteiger partial charge in [0.05, 0.1) is 225 Å². The predicted octanol–water partition coefficient (Wildman–Crippen LogP) is 3.26. The summed E-state index contributed by atoms with van der Waals surface area (Å²) < 4.78 is 103. The number of fused-ring (bicyclic) bond motifs is 4. The zero-order chi connectivity index (χ0) is 84.2. The van der Waals surface area contributed by atoms with Gasteiger partial charge in [-0.2, -0.15) is 0 Å². The molecule has 0 saturated heterocycles. The van der Waals surface area contributed by atoms with Crippen LogP contribution in [0.2, 0.25) is 0 Å². The summed E-state index contributed by atoms with van der Waals surface area (Å²) in [6.45, 7) is 20.4. The summed E-state index contributed by atoms with van der Waals surface area (Å²) in [5.74, 6) is 6.45. The van der Waals surface area contributed by atoms with E-state index in [1.165, 1.54) is 44.9 Å². The van der Waals surface area contributed by atoms with Crippen molar-refractivity contribution in [1.29, 1.82) is 0 Å². The molecular formula is C86H148O30. The van der Waals surface area contributed by atoms with Crippen LogP contribution < -0.4 is 0 Å². The third kappa shape index (κ3) is 46.1. The fraction of sp³-hybridized carbons (Fsp3) is 0.791. The highest BCUT2D eigenvalue weighted by Crippen LogP contribution is 2.44. The predicted molar refractivity (Wildman–Crippen MR) is 434 cm³/mol. The minimum Gasteiger partial charge on any atom is -0.394 e. The Hall–Kier alpha value is -3.54. The Morgan fingerprint density at radius 1 is 0.267 bits per heavy atom. The number of aliphatic hydroxyl groups is 12. The second kappa shape index (κ2) is 67.0. The standard InChI is InChI=1S/C53H96O25.C26H42O5.C7H10/c1-4-9-64-24-42(63)25-68-52(27-65-10-5-2)38-78-53(28-66-11-6-3)37-77-51(22-62)36-76-50(21-61)35-75-49(20-60)34-74-48(19-59)33-73-47(18-58)32-72-46(17-57)31-71-45(16-56)30-70-44(15-55)29-69-43(14-54)26-67-23-41-13-39-7-8-40(41)12-39;1-4-11-29-17-25(28)18-31-26(15-27)19-30-16-24-14-21(6-3)13-23(24)10-9-22-8-7-20(5-2)12-22;1-2-7-4-3-6(1)5-7/h4-8,39-63H,1-3,9-38H2;4-6,9-10,20-28H,1-3,7-8,11-19H2;1-2,6-7H,3-5H2/b;10-9-;. The maximum atomic E-state index is 10.2. The SMILES string of the molecule is C1=CC2CCC1C2.C=CCOCC(O)COC(CO)COCC1CC(C=C)CC1/C=C\C1CCC(C=C)C1.C=CCOCC(O)COC(COCC=C)COC(COCC=C)COC(CO)COC(CO)COC(CO)COC(CO)COC(CO)COC(CO)COC(CO)COC(CO)COC(CO)COCC1CC2C=CC1C2. The maximum absolute atomic E-state index is 10.2. The van der Waals surface area contributed by atoms with Crippen LogP contribution in [-0.4, -0.2) is 371 Å². The molecule has 4 saturated carbocycles. The molecular weight excluding hydrogens is 1510 g/mol. The highest BCUT2D eigenvalue weighted by molar-refractivity contribution is 5.10. The van der Waals surface area contributed by atoms with Gasteiger partial charge in [0.15, 0.2) is 0 Å². The van der Waals surface area contributed by atoms with Gasteiger partial charge < -0.3 is 147 Å². The Morgan fingerprint density at radius 3 is 0.888 bits per heavy atom. The van der Waals surface area contributed by atoms with Crippen LogP contribution in [0.15, 0.2) is 112 Å². The molecule has 0 radical (unpaired) electrons. The summed E-state index contributed by atoms with van der Waals surface area (Å²) in [6.07, 6.45) is 26.4. The van der Waals surface area contributed by atoms with Crippen molar-refractivity contribution >= 4 is 0 Å². The number of rotatable bonds is 74. The molecule has 4 fully saturated rings. The summed E-state index contributed by atoms with van der Waals surface area (Å²) in [6, 6.07) is 0. The van der Waals surface area contributed by atoms with Crippen molar-refractivity contribution in [3.8, 4) is 0 Å². The molecule has 12 N–H and O–H groups in total. The molecule has 0 aromatic heterocycles. The van der Waals surface area contributed by atoms with E-state index in [-0.39, 0.29) is 145 Å². The lowest BCUT2D eigenvalue weighted by Gasteiger charge is -2.26. The van der Waals surface area contributed by atoms with E-state index in [0.717, 1.165) is 31.1 Å². The third-order valence-electron chi connectivity index (χ3n) is 20.9. The molecule has 0 amide bonds. The smallest absolute Gasteiger partial charge is 0.104 e. The minimum atomic E-state index is -0.920. The van der Waals surface area contributed by atoms with Crippen LogP contribution in [0.4, 0.5) is 0 Å². The Balaban J connectivity index is 0.000000602. The van der Waals surface area contributed by atoms with E-state index in [1.807, 2.05) is 0 Å². The molecule has 0 heterocycles. The molecule has 6 rings (SSSR count). The minimum absolute atomic E-state index is 0.0349. The van der Waals surface area contributed by atoms with E-state index in [2.05, 4.69) is 88.1 Å². The van der Waals surface area contributed by atoms with Crippen LogP contribution in [0.5, 0.6) is 0 Å². The van der Waals surface area contributed by atoms with Gasteiger partial charge in [-0.1, -0.05) is 72.9 Å². The fourth-order valence-corrected chi connectivity index (χ4v) is 14.1. The molecule has 6 aliphatic carbocycles. The molecule has 0 aromatic rings. The first-order valence-corrected chi connectivity index (χ1v) is 41.6. The molecule has 672 valence electrons. The molecule has 4 bridgehead atoms. The number of ether oxygens (including phenoxy) is 18. The molecule has 24 unspecified atom stereocenters. The van der Waals surface area contributed by atoms with Gasteiger partial charge in [0.25, 0.3) is 0 Å². The van der Waals surface area contributed by atoms with E-state index >= 15 is 0 Å². The van der Waals surface area contributed by atoms with Crippen LogP contribution >= 0.6 is 0 Å². The van der Waals surface area contributed by atoms with Crippen LogP contribution in [0.3, 0.4) is 0 Å². The molecule has 0 aromatic carbocycles. The molecule has 6 aliphatic rings. The first kappa shape index (κ1) is 105. The van der Waals surface area contributed by atoms with Crippen molar-refractivity contribution in [3.05, 3.63) is 112 Å². The third-order valence-corrected chi connectivity index (χ3v) is 20.9. The second-order valence-corrected chi connectivity index (χ2v) is 30.6. The van der Waals surface area contributed by atoms with E-state index < -0.39 is 138 Å². The van der Waals surface area contributed by atoms with Gasteiger partial charge in [-0.15, -0.1) is 39.5 Å². The van der Waals surface area contributed by atoms with Gasteiger partial charge in [0.1, 0.15) is 85.5 Å². The zero-order valence-electron chi connectivity index (χ0n) is 68.9. The van der Waals surface area contributed by atoms with E-state index in [0.29, 0.717) is 73.8 Å². The molecule has 0 aliphatic heterocycles. The van der Waals surface area contributed by atoms with Crippen molar-refractivity contribution in [2.75, 3.05) is 225 Å². The average molecular weight is 1660 g/mol. The highest BCUT2D eigenvalue weighted by atomic mass is 16.6. The fourth-order valence-electron chi connectivity index (χ4n) is 14.1. The lowest BCUT2D eigenvalue weighted by molar-refractivity contribution is -0.151. The van der Waals surface area contributed by atoms with Crippen molar-refractivity contribution < 1.29 is 147 Å². The normalized spacial score (nSPS) is 24.9. The zero-order valence-corrected chi connectivity index (χ0v) is 68.9. The van der Waals surface area contributed by atoms with Crippen molar-refractivity contribution in [2.24, 2.45) is 59.2 Å². The van der Waals surface area contributed by atoms with Gasteiger partial charge in [-0.3, -0.25) is 0 Å². The molecule has 30 nitrogen and oxygen atoms in total. The summed E-state index contributed by atoms with van der Waals surface area (Å²) in [7, 11) is 0. The number of aliphatic hydroxyl groups excluding tert-OH is 12. The molecule has 0 spiro atoms. The molecule has 116 heavy (non-hydrogen) atoms. The van der Waals surface area contributed by atoms with Crippen LogP contribution in [0.25, 0.3) is 0 Å². The topological polar surface area (TPSA) is 409 Å². The Morgan fingerprint density at radius 2 is 0.578 bits per heavy atom. The Kier molecular flexibility index (Phi) is 60.5. The largest absolute Gasteiger partial charge is 0.394 e. The lowest BCUT2D eigenvalue weighted by atomic mass is 9.94. The number of hydrogen-bond donors (Lipinski definition) is 12. The Labute approximate surface area is 689 Å². The summed E-state index contributed by atoms with van der Waals surface area (Å²) in [5.41, 5.74) is 0. The second-order valence-electron chi connectivity index (χ2n) is 30.6. The van der Waals surface area contributed by atoms with E-state index in [4.69, 9.17) is 85.3 Å². The maximum Gasteiger partial charge on any atom is 0.104 e. The van der Waals surface area contributed by atoms with Crippen LogP contribution in [0, 0.1) is 59.2 Å². The number of allylic oxidation sites excluding steroid dienone is 8. The van der Waals surface area contributed by atoms with Gasteiger partial charge >= 0.3 is 0 Å². The van der Waals surface area contributed by atoms with Gasteiger partial charge in [-0.25, -0.2) is 0 Å². The van der Waals surface area contributed by atoms with Gasteiger partial charge in [0, 0.05) is 0 Å². The van der Waals surface area contributed by atoms with Crippen molar-refractivity contribution in [1.82, 2.24) is 0 Å². The van der Waals surface area contributed by atoms with Gasteiger partial charge in [-0.05, 0) is 123 Å². The molecule has 24 atom stereocenters. The quantitative estimate of drug-likeness (QED) is 0.0307. The van der Waals surface area contributed by atoms with Gasteiger partial charge in [0.2, 0.25) is 0 Å². The highest BCUT2D eigenvalue weighted by Gasteiger charge is 2.37. The number of hydrogen-bond acceptors (Lipinski definition) is 30. The van der Waals surface area contributed by atoms with E-state index in [9.17, 15) is 61.3 Å². The lowest BCUT2D eigenvalue weighted by Crippen LogP contribution is -2.38. The summed E-state index contributed by atoms with van der Waals surface area (Å²) in [5, 5.41) is 119. The summed E-state index contributed by atoms with van der Waals surface area (Å²) >= 11 is 0.